The minimum Gasteiger partial charge on any atom is -0.396 e. The van der Waals surface area contributed by atoms with Crippen LogP contribution in [-0.2, 0) is 0 Å². The summed E-state index contributed by atoms with van der Waals surface area (Å²) < 4.78 is 0. The van der Waals surface area contributed by atoms with Crippen molar-refractivity contribution in [2.75, 3.05) is 6.61 Å². The fourth-order valence-corrected chi connectivity index (χ4v) is 2.73. The molecule has 10 heavy (non-hydrogen) atoms. The molecular weight excluding hydrogens is 124 g/mol. The molecule has 2 rings (SSSR count). The molecule has 0 aromatic rings. The Morgan fingerprint density at radius 2 is 1.90 bits per heavy atom. The summed E-state index contributed by atoms with van der Waals surface area (Å²) in [7, 11) is 0. The predicted molar refractivity (Wildman–Crippen MR) is 40.6 cm³/mol. The zero-order valence-electron chi connectivity index (χ0n) is 6.42. The number of aliphatic hydroxyl groups excluding tert-OH is 1. The Kier molecular flexibility index (Phi) is 1.69. The van der Waals surface area contributed by atoms with Gasteiger partial charge in [0.1, 0.15) is 0 Å². The van der Waals surface area contributed by atoms with E-state index in [0.717, 1.165) is 11.8 Å². The average Bonchev–Trinajstić information content (AvgIpc) is 2.34. The maximum atomic E-state index is 9.01. The van der Waals surface area contributed by atoms with Crippen LogP contribution in [0.2, 0.25) is 0 Å². The monoisotopic (exact) mass is 140 g/mol. The SMILES string of the molecule is OC[C@@H]1CC[C@H]2CC[C@@H]1C2. The third kappa shape index (κ3) is 0.968. The van der Waals surface area contributed by atoms with Crippen molar-refractivity contribution in [1.29, 1.82) is 0 Å². The quantitative estimate of drug-likeness (QED) is 0.589. The standard InChI is InChI=1S/C9H16O/c10-6-9-4-2-7-1-3-8(9)5-7/h7-10H,1-6H2/t7-,8-,9+/m1/s1. The van der Waals surface area contributed by atoms with Gasteiger partial charge in [0.2, 0.25) is 0 Å². The topological polar surface area (TPSA) is 20.2 Å². The maximum Gasteiger partial charge on any atom is 0.0461 e. The van der Waals surface area contributed by atoms with Crippen LogP contribution in [0.5, 0.6) is 0 Å². The van der Waals surface area contributed by atoms with Gasteiger partial charge in [-0.2, -0.15) is 0 Å². The second-order valence-corrected chi connectivity index (χ2v) is 3.96. The van der Waals surface area contributed by atoms with E-state index in [1.807, 2.05) is 0 Å². The lowest BCUT2D eigenvalue weighted by Gasteiger charge is -2.26. The minimum absolute atomic E-state index is 0.442. The molecule has 0 aromatic heterocycles. The summed E-state index contributed by atoms with van der Waals surface area (Å²) in [4.78, 5) is 0. The van der Waals surface area contributed by atoms with Crippen molar-refractivity contribution in [3.63, 3.8) is 0 Å². The van der Waals surface area contributed by atoms with Gasteiger partial charge in [-0.05, 0) is 37.0 Å². The first-order valence-electron chi connectivity index (χ1n) is 4.51. The van der Waals surface area contributed by atoms with Gasteiger partial charge >= 0.3 is 0 Å². The van der Waals surface area contributed by atoms with Gasteiger partial charge in [0.15, 0.2) is 0 Å². The molecule has 0 aliphatic heterocycles. The largest absolute Gasteiger partial charge is 0.396 e. The molecule has 2 bridgehead atoms. The molecule has 0 amide bonds. The molecule has 1 nitrogen and oxygen atoms in total. The van der Waals surface area contributed by atoms with Crippen molar-refractivity contribution >= 4 is 0 Å². The zero-order valence-corrected chi connectivity index (χ0v) is 6.42. The lowest BCUT2D eigenvalue weighted by atomic mass is 9.80. The number of hydrogen-bond acceptors (Lipinski definition) is 1. The first kappa shape index (κ1) is 6.66. The van der Waals surface area contributed by atoms with Crippen LogP contribution in [0.15, 0.2) is 0 Å². The maximum absolute atomic E-state index is 9.01. The summed E-state index contributed by atoms with van der Waals surface area (Å²) in [6, 6.07) is 0. The Balaban J connectivity index is 2.00. The Hall–Kier alpha value is -0.0400. The molecule has 58 valence electrons. The van der Waals surface area contributed by atoms with Gasteiger partial charge in [-0.25, -0.2) is 0 Å². The van der Waals surface area contributed by atoms with E-state index in [9.17, 15) is 0 Å². The number of aliphatic hydroxyl groups is 1. The normalized spacial score (nSPS) is 45.9. The van der Waals surface area contributed by atoms with Gasteiger partial charge in [-0.15, -0.1) is 0 Å². The van der Waals surface area contributed by atoms with E-state index in [-0.39, 0.29) is 0 Å². The molecule has 0 unspecified atom stereocenters. The van der Waals surface area contributed by atoms with Crippen LogP contribution in [0.3, 0.4) is 0 Å². The highest BCUT2D eigenvalue weighted by atomic mass is 16.3. The second-order valence-electron chi connectivity index (χ2n) is 3.96. The lowest BCUT2D eigenvalue weighted by molar-refractivity contribution is 0.141. The van der Waals surface area contributed by atoms with Crippen LogP contribution in [0.25, 0.3) is 0 Å². The molecule has 0 heterocycles. The first-order chi connectivity index (χ1) is 4.90. The van der Waals surface area contributed by atoms with Crippen molar-refractivity contribution in [2.24, 2.45) is 17.8 Å². The van der Waals surface area contributed by atoms with E-state index in [1.165, 1.54) is 32.1 Å². The minimum atomic E-state index is 0.442. The molecule has 2 saturated carbocycles. The molecule has 2 aliphatic carbocycles. The first-order valence-corrected chi connectivity index (χ1v) is 4.51. The smallest absolute Gasteiger partial charge is 0.0461 e. The summed E-state index contributed by atoms with van der Waals surface area (Å²) in [5, 5.41) is 9.01. The van der Waals surface area contributed by atoms with Crippen LogP contribution in [0.1, 0.15) is 32.1 Å². The Bertz CT molecular complexity index is 122. The third-order valence-corrected chi connectivity index (χ3v) is 3.43. The van der Waals surface area contributed by atoms with Gasteiger partial charge in [-0.3, -0.25) is 0 Å². The van der Waals surface area contributed by atoms with E-state index < -0.39 is 0 Å². The van der Waals surface area contributed by atoms with Gasteiger partial charge in [0.05, 0.1) is 0 Å². The fourth-order valence-electron chi connectivity index (χ4n) is 2.73. The van der Waals surface area contributed by atoms with Crippen LogP contribution < -0.4 is 0 Å². The van der Waals surface area contributed by atoms with Gasteiger partial charge in [0.25, 0.3) is 0 Å². The summed E-state index contributed by atoms with van der Waals surface area (Å²) in [5.74, 6) is 2.59. The van der Waals surface area contributed by atoms with Gasteiger partial charge in [-0.1, -0.05) is 12.8 Å². The highest BCUT2D eigenvalue weighted by molar-refractivity contribution is 4.85. The van der Waals surface area contributed by atoms with E-state index in [4.69, 9.17) is 5.11 Å². The molecule has 2 aliphatic rings. The Morgan fingerprint density at radius 3 is 2.70 bits per heavy atom. The summed E-state index contributed by atoms with van der Waals surface area (Å²) >= 11 is 0. The summed E-state index contributed by atoms with van der Waals surface area (Å²) in [5.41, 5.74) is 0. The predicted octanol–water partition coefficient (Wildman–Crippen LogP) is 1.80. The van der Waals surface area contributed by atoms with E-state index in [2.05, 4.69) is 0 Å². The van der Waals surface area contributed by atoms with Gasteiger partial charge in [0, 0.05) is 6.61 Å². The molecular formula is C9H16O. The fraction of sp³-hybridized carbons (Fsp3) is 1.00. The number of fused-ring (bicyclic) bond motifs is 2. The van der Waals surface area contributed by atoms with Crippen LogP contribution >= 0.6 is 0 Å². The molecule has 2 fully saturated rings. The van der Waals surface area contributed by atoms with E-state index in [0.29, 0.717) is 12.5 Å². The zero-order chi connectivity index (χ0) is 6.97. The average molecular weight is 140 g/mol. The third-order valence-electron chi connectivity index (χ3n) is 3.43. The van der Waals surface area contributed by atoms with Crippen molar-refractivity contribution in [1.82, 2.24) is 0 Å². The molecule has 1 N–H and O–H groups in total. The van der Waals surface area contributed by atoms with Gasteiger partial charge < -0.3 is 5.11 Å². The highest BCUT2D eigenvalue weighted by Crippen LogP contribution is 2.44. The molecule has 0 spiro atoms. The van der Waals surface area contributed by atoms with E-state index in [1.54, 1.807) is 0 Å². The Labute approximate surface area is 62.4 Å². The molecule has 0 radical (unpaired) electrons. The second kappa shape index (κ2) is 2.54. The summed E-state index contributed by atoms with van der Waals surface area (Å²) in [6.45, 7) is 0.442. The van der Waals surface area contributed by atoms with Crippen molar-refractivity contribution < 1.29 is 5.11 Å². The van der Waals surface area contributed by atoms with Crippen LogP contribution in [0, 0.1) is 17.8 Å². The van der Waals surface area contributed by atoms with Crippen LogP contribution in [-0.4, -0.2) is 11.7 Å². The van der Waals surface area contributed by atoms with Crippen LogP contribution in [0.4, 0.5) is 0 Å². The summed E-state index contributed by atoms with van der Waals surface area (Å²) in [6.07, 6.45) is 6.95. The van der Waals surface area contributed by atoms with E-state index >= 15 is 0 Å². The Morgan fingerprint density at radius 1 is 1.10 bits per heavy atom. The van der Waals surface area contributed by atoms with Crippen molar-refractivity contribution in [3.05, 3.63) is 0 Å². The number of hydrogen-bond donors (Lipinski definition) is 1. The number of rotatable bonds is 1. The highest BCUT2D eigenvalue weighted by Gasteiger charge is 2.34. The molecule has 0 aromatic carbocycles. The molecule has 1 heteroatoms. The molecule has 0 saturated heterocycles. The van der Waals surface area contributed by atoms with Crippen molar-refractivity contribution in [2.45, 2.75) is 32.1 Å². The lowest BCUT2D eigenvalue weighted by Crippen LogP contribution is -2.20. The van der Waals surface area contributed by atoms with Crippen molar-refractivity contribution in [3.8, 4) is 0 Å². The molecule has 3 atom stereocenters.